The van der Waals surface area contributed by atoms with Gasteiger partial charge < -0.3 is 5.32 Å². The van der Waals surface area contributed by atoms with Gasteiger partial charge in [0.2, 0.25) is 0 Å². The van der Waals surface area contributed by atoms with Gasteiger partial charge in [-0.2, -0.15) is 0 Å². The van der Waals surface area contributed by atoms with E-state index in [4.69, 9.17) is 0 Å². The Morgan fingerprint density at radius 3 is 1.90 bits per heavy atom. The number of hydrogen-bond donors (Lipinski definition) is 1. The summed E-state index contributed by atoms with van der Waals surface area (Å²) < 4.78 is 0. The van der Waals surface area contributed by atoms with Gasteiger partial charge in [0.1, 0.15) is 0 Å². The Bertz CT molecular complexity index is 99.3. The van der Waals surface area contributed by atoms with Crippen molar-refractivity contribution in [2.45, 2.75) is 57.0 Å². The van der Waals surface area contributed by atoms with Gasteiger partial charge in [0, 0.05) is 12.1 Å². The highest BCUT2D eigenvalue weighted by molar-refractivity contribution is 4.84. The predicted molar refractivity (Wildman–Crippen MR) is 43.0 cm³/mol. The van der Waals surface area contributed by atoms with Gasteiger partial charge >= 0.3 is 0 Å². The summed E-state index contributed by atoms with van der Waals surface area (Å²) in [6.07, 6.45) is 10.2. The molecule has 2 heterocycles. The maximum atomic E-state index is 3.69. The van der Waals surface area contributed by atoms with Gasteiger partial charge in [-0.3, -0.25) is 0 Å². The molecule has 0 aromatic carbocycles. The van der Waals surface area contributed by atoms with Crippen molar-refractivity contribution in [1.82, 2.24) is 5.32 Å². The van der Waals surface area contributed by atoms with E-state index >= 15 is 0 Å². The van der Waals surface area contributed by atoms with Gasteiger partial charge in [0.25, 0.3) is 0 Å². The molecule has 0 aliphatic carbocycles. The molecule has 0 amide bonds. The lowest BCUT2D eigenvalue weighted by Gasteiger charge is -2.17. The van der Waals surface area contributed by atoms with Crippen LogP contribution in [0.3, 0.4) is 0 Å². The van der Waals surface area contributed by atoms with Crippen molar-refractivity contribution in [1.29, 1.82) is 0 Å². The Balaban J connectivity index is 1.91. The molecule has 2 fully saturated rings. The third-order valence-electron chi connectivity index (χ3n) is 2.94. The van der Waals surface area contributed by atoms with Crippen LogP contribution in [0.5, 0.6) is 0 Å². The van der Waals surface area contributed by atoms with Gasteiger partial charge in [-0.15, -0.1) is 0 Å². The van der Waals surface area contributed by atoms with Crippen LogP contribution in [0.4, 0.5) is 0 Å². The molecule has 2 atom stereocenters. The minimum absolute atomic E-state index is 0.894. The van der Waals surface area contributed by atoms with E-state index in [0.717, 1.165) is 12.1 Å². The number of rotatable bonds is 0. The van der Waals surface area contributed by atoms with Crippen LogP contribution in [0.1, 0.15) is 44.9 Å². The molecule has 0 saturated carbocycles. The third kappa shape index (κ3) is 1.34. The molecule has 1 heteroatoms. The summed E-state index contributed by atoms with van der Waals surface area (Å²) in [5, 5.41) is 3.69. The highest BCUT2D eigenvalue weighted by atomic mass is 15.0. The van der Waals surface area contributed by atoms with Crippen molar-refractivity contribution in [3.63, 3.8) is 0 Å². The molecule has 2 unspecified atom stereocenters. The fraction of sp³-hybridized carbons (Fsp3) is 1.00. The second kappa shape index (κ2) is 2.91. The second-order valence-electron chi connectivity index (χ2n) is 3.78. The summed E-state index contributed by atoms with van der Waals surface area (Å²) in [4.78, 5) is 0. The average molecular weight is 139 g/mol. The summed E-state index contributed by atoms with van der Waals surface area (Å²) in [6, 6.07) is 1.79. The zero-order valence-corrected chi connectivity index (χ0v) is 6.60. The van der Waals surface area contributed by atoms with Crippen LogP contribution in [0, 0.1) is 0 Å². The van der Waals surface area contributed by atoms with E-state index in [1.54, 1.807) is 0 Å². The Hall–Kier alpha value is -0.0400. The van der Waals surface area contributed by atoms with Crippen molar-refractivity contribution in [3.8, 4) is 0 Å². The standard InChI is InChI=1S/C9H17N/c1-2-4-8-6-7-9(10-8)5-3-1/h8-10H,1-7H2. The number of nitrogens with one attached hydrogen (secondary N) is 1. The van der Waals surface area contributed by atoms with E-state index in [1.165, 1.54) is 44.9 Å². The fourth-order valence-corrected chi connectivity index (χ4v) is 2.32. The Kier molecular flexibility index (Phi) is 1.94. The van der Waals surface area contributed by atoms with Crippen molar-refractivity contribution < 1.29 is 0 Å². The normalized spacial score (nSPS) is 40.8. The monoisotopic (exact) mass is 139 g/mol. The topological polar surface area (TPSA) is 12.0 Å². The van der Waals surface area contributed by atoms with E-state index in [9.17, 15) is 0 Å². The van der Waals surface area contributed by atoms with E-state index in [0.29, 0.717) is 0 Å². The van der Waals surface area contributed by atoms with Gasteiger partial charge in [-0.05, 0) is 25.7 Å². The first kappa shape index (κ1) is 6.66. The Morgan fingerprint density at radius 1 is 0.700 bits per heavy atom. The minimum Gasteiger partial charge on any atom is -0.311 e. The molecule has 0 aromatic heterocycles. The van der Waals surface area contributed by atoms with Crippen LogP contribution in [0.2, 0.25) is 0 Å². The molecule has 10 heavy (non-hydrogen) atoms. The van der Waals surface area contributed by atoms with Crippen LogP contribution >= 0.6 is 0 Å². The van der Waals surface area contributed by atoms with E-state index < -0.39 is 0 Å². The zero-order chi connectivity index (χ0) is 6.81. The van der Waals surface area contributed by atoms with Crippen molar-refractivity contribution >= 4 is 0 Å². The molecule has 2 rings (SSSR count). The van der Waals surface area contributed by atoms with E-state index in [2.05, 4.69) is 5.32 Å². The maximum absolute atomic E-state index is 3.69. The first-order valence-electron chi connectivity index (χ1n) is 4.71. The van der Waals surface area contributed by atoms with Gasteiger partial charge in [0.05, 0.1) is 0 Å². The molecule has 58 valence electrons. The molecule has 0 aromatic rings. The summed E-state index contributed by atoms with van der Waals surface area (Å²) in [5.74, 6) is 0. The van der Waals surface area contributed by atoms with Gasteiger partial charge in [-0.1, -0.05) is 19.3 Å². The summed E-state index contributed by atoms with van der Waals surface area (Å²) in [6.45, 7) is 0. The first-order chi connectivity index (χ1) is 4.95. The summed E-state index contributed by atoms with van der Waals surface area (Å²) in [5.41, 5.74) is 0. The van der Waals surface area contributed by atoms with Crippen molar-refractivity contribution in [2.24, 2.45) is 0 Å². The van der Waals surface area contributed by atoms with Crippen LogP contribution in [0.25, 0.3) is 0 Å². The van der Waals surface area contributed by atoms with Crippen LogP contribution in [-0.2, 0) is 0 Å². The molecule has 1 nitrogen and oxygen atoms in total. The van der Waals surface area contributed by atoms with Crippen LogP contribution in [0.15, 0.2) is 0 Å². The van der Waals surface area contributed by atoms with Gasteiger partial charge in [0.15, 0.2) is 0 Å². The molecular formula is C9H17N. The molecule has 2 aliphatic heterocycles. The molecule has 0 radical (unpaired) electrons. The van der Waals surface area contributed by atoms with Crippen molar-refractivity contribution in [3.05, 3.63) is 0 Å². The fourth-order valence-electron chi connectivity index (χ4n) is 2.32. The first-order valence-corrected chi connectivity index (χ1v) is 4.71. The van der Waals surface area contributed by atoms with Crippen LogP contribution in [-0.4, -0.2) is 12.1 Å². The third-order valence-corrected chi connectivity index (χ3v) is 2.94. The summed E-state index contributed by atoms with van der Waals surface area (Å²) in [7, 11) is 0. The number of fused-ring (bicyclic) bond motifs is 2. The van der Waals surface area contributed by atoms with E-state index in [-0.39, 0.29) is 0 Å². The molecule has 1 N–H and O–H groups in total. The maximum Gasteiger partial charge on any atom is 0.00702 e. The van der Waals surface area contributed by atoms with Gasteiger partial charge in [-0.25, -0.2) is 0 Å². The molecule has 2 aliphatic rings. The molecule has 2 bridgehead atoms. The quantitative estimate of drug-likeness (QED) is 0.541. The predicted octanol–water partition coefficient (Wildman–Crippen LogP) is 2.07. The van der Waals surface area contributed by atoms with Crippen LogP contribution < -0.4 is 5.32 Å². The number of hydrogen-bond acceptors (Lipinski definition) is 1. The minimum atomic E-state index is 0.894. The molecular weight excluding hydrogens is 122 g/mol. The lowest BCUT2D eigenvalue weighted by Crippen LogP contribution is -2.30. The summed E-state index contributed by atoms with van der Waals surface area (Å²) >= 11 is 0. The smallest absolute Gasteiger partial charge is 0.00702 e. The average Bonchev–Trinajstić information content (AvgIpc) is 2.30. The zero-order valence-electron chi connectivity index (χ0n) is 6.60. The second-order valence-corrected chi connectivity index (χ2v) is 3.78. The Morgan fingerprint density at radius 2 is 1.30 bits per heavy atom. The largest absolute Gasteiger partial charge is 0.311 e. The highest BCUT2D eigenvalue weighted by Crippen LogP contribution is 2.24. The lowest BCUT2D eigenvalue weighted by molar-refractivity contribution is 0.423. The molecule has 0 spiro atoms. The van der Waals surface area contributed by atoms with E-state index in [1.807, 2.05) is 0 Å². The van der Waals surface area contributed by atoms with Crippen molar-refractivity contribution in [2.75, 3.05) is 0 Å². The SMILES string of the molecule is C1CCC2CCC(CC1)N2. The highest BCUT2D eigenvalue weighted by Gasteiger charge is 2.23. The Labute approximate surface area is 63.2 Å². The molecule has 2 saturated heterocycles. The lowest BCUT2D eigenvalue weighted by atomic mass is 10.1.